The molecule has 3 unspecified atom stereocenters. The Kier molecular flexibility index (Phi) is 10.5. The van der Waals surface area contributed by atoms with E-state index in [2.05, 4.69) is 10.6 Å². The number of hydrogen-bond acceptors (Lipinski definition) is 6. The maximum absolute atomic E-state index is 12.6. The summed E-state index contributed by atoms with van der Waals surface area (Å²) in [6.45, 7) is 3.74. The van der Waals surface area contributed by atoms with Gasteiger partial charge in [-0.3, -0.25) is 9.59 Å². The van der Waals surface area contributed by atoms with Crippen molar-refractivity contribution in [1.82, 2.24) is 10.6 Å². The molecule has 29 heavy (non-hydrogen) atoms. The minimum absolute atomic E-state index is 0.0920. The van der Waals surface area contributed by atoms with Gasteiger partial charge in [-0.2, -0.15) is 11.8 Å². The quantitative estimate of drug-likeness (QED) is 0.338. The Hall–Kier alpha value is -2.26. The first-order valence-electron chi connectivity index (χ1n) is 9.50. The minimum Gasteiger partial charge on any atom is -0.508 e. The van der Waals surface area contributed by atoms with Gasteiger partial charge in [0.05, 0.1) is 6.04 Å². The average Bonchev–Trinajstić information content (AvgIpc) is 2.65. The van der Waals surface area contributed by atoms with Gasteiger partial charge in [-0.25, -0.2) is 4.79 Å². The number of carboxylic acids is 1. The van der Waals surface area contributed by atoms with Gasteiger partial charge in [-0.1, -0.05) is 26.0 Å². The van der Waals surface area contributed by atoms with E-state index in [-0.39, 0.29) is 18.1 Å². The van der Waals surface area contributed by atoms with Crippen LogP contribution in [0.5, 0.6) is 5.75 Å². The van der Waals surface area contributed by atoms with Crippen LogP contribution in [0.25, 0.3) is 0 Å². The number of aliphatic carboxylic acids is 1. The number of nitrogens with two attached hydrogens (primary N) is 1. The zero-order chi connectivity index (χ0) is 22.0. The van der Waals surface area contributed by atoms with Crippen LogP contribution in [-0.4, -0.2) is 58.1 Å². The van der Waals surface area contributed by atoms with Gasteiger partial charge in [0, 0.05) is 0 Å². The Labute approximate surface area is 175 Å². The molecule has 6 N–H and O–H groups in total. The van der Waals surface area contributed by atoms with Crippen LogP contribution in [0.4, 0.5) is 0 Å². The predicted octanol–water partition coefficient (Wildman–Crippen LogP) is 1.12. The standard InChI is InChI=1S/C20H31N3O5S/c1-12(2)10-17(20(27)28)23-19(26)16(8-9-29-3)22-18(25)15(21)11-13-4-6-14(24)7-5-13/h4-7,12,15-17,24H,8-11,21H2,1-3H3,(H,22,25)(H,23,26)(H,27,28). The van der Waals surface area contributed by atoms with E-state index in [0.29, 0.717) is 18.6 Å². The number of carbonyl (C=O) groups excluding carboxylic acids is 2. The molecule has 2 amide bonds. The van der Waals surface area contributed by atoms with E-state index in [4.69, 9.17) is 5.73 Å². The molecule has 1 rings (SSSR count). The van der Waals surface area contributed by atoms with Crippen LogP contribution in [0.3, 0.4) is 0 Å². The molecule has 0 saturated heterocycles. The van der Waals surface area contributed by atoms with Crippen molar-refractivity contribution in [1.29, 1.82) is 0 Å². The topological polar surface area (TPSA) is 142 Å². The summed E-state index contributed by atoms with van der Waals surface area (Å²) in [5, 5.41) is 23.8. The Morgan fingerprint density at radius 3 is 2.17 bits per heavy atom. The number of carbonyl (C=O) groups is 3. The van der Waals surface area contributed by atoms with Crippen molar-refractivity contribution in [3.63, 3.8) is 0 Å². The Bertz CT molecular complexity index is 681. The van der Waals surface area contributed by atoms with Crippen LogP contribution in [0.15, 0.2) is 24.3 Å². The lowest BCUT2D eigenvalue weighted by Gasteiger charge is -2.23. The maximum atomic E-state index is 12.6. The molecule has 162 valence electrons. The van der Waals surface area contributed by atoms with Crippen molar-refractivity contribution in [2.45, 2.75) is 51.2 Å². The number of hydrogen-bond donors (Lipinski definition) is 5. The number of rotatable bonds is 12. The van der Waals surface area contributed by atoms with Crippen LogP contribution < -0.4 is 16.4 Å². The van der Waals surface area contributed by atoms with Gasteiger partial charge in [-0.05, 0) is 54.9 Å². The Morgan fingerprint density at radius 1 is 1.07 bits per heavy atom. The van der Waals surface area contributed by atoms with E-state index >= 15 is 0 Å². The predicted molar refractivity (Wildman–Crippen MR) is 114 cm³/mol. The second-order valence-electron chi connectivity index (χ2n) is 7.35. The summed E-state index contributed by atoms with van der Waals surface area (Å²) in [4.78, 5) is 36.6. The molecule has 0 aliphatic heterocycles. The first-order chi connectivity index (χ1) is 13.6. The number of aromatic hydroxyl groups is 1. The second kappa shape index (κ2) is 12.3. The fraction of sp³-hybridized carbons (Fsp3) is 0.550. The summed E-state index contributed by atoms with van der Waals surface area (Å²) in [5.74, 6) is -1.30. The number of nitrogens with one attached hydrogen (secondary N) is 2. The maximum Gasteiger partial charge on any atom is 0.326 e. The molecule has 0 heterocycles. The lowest BCUT2D eigenvalue weighted by atomic mass is 10.0. The molecule has 0 bridgehead atoms. The first kappa shape index (κ1) is 24.8. The van der Waals surface area contributed by atoms with Crippen molar-refractivity contribution >= 4 is 29.5 Å². The summed E-state index contributed by atoms with van der Waals surface area (Å²) in [7, 11) is 0. The molecule has 0 aliphatic carbocycles. The van der Waals surface area contributed by atoms with E-state index in [0.717, 1.165) is 5.56 Å². The highest BCUT2D eigenvalue weighted by molar-refractivity contribution is 7.98. The molecular formula is C20H31N3O5S. The monoisotopic (exact) mass is 425 g/mol. The molecule has 1 aromatic rings. The molecular weight excluding hydrogens is 394 g/mol. The molecule has 1 aromatic carbocycles. The van der Waals surface area contributed by atoms with Crippen LogP contribution in [0, 0.1) is 5.92 Å². The molecule has 0 radical (unpaired) electrons. The van der Waals surface area contributed by atoms with Crippen LogP contribution in [0.2, 0.25) is 0 Å². The Morgan fingerprint density at radius 2 is 1.66 bits per heavy atom. The van der Waals surface area contributed by atoms with Gasteiger partial charge in [-0.15, -0.1) is 0 Å². The van der Waals surface area contributed by atoms with E-state index < -0.39 is 35.9 Å². The van der Waals surface area contributed by atoms with Crippen LogP contribution in [0.1, 0.15) is 32.3 Å². The largest absolute Gasteiger partial charge is 0.508 e. The molecule has 0 spiro atoms. The molecule has 0 saturated carbocycles. The van der Waals surface area contributed by atoms with E-state index in [1.54, 1.807) is 12.1 Å². The van der Waals surface area contributed by atoms with Crippen molar-refractivity contribution in [2.24, 2.45) is 11.7 Å². The lowest BCUT2D eigenvalue weighted by Crippen LogP contribution is -2.55. The highest BCUT2D eigenvalue weighted by Gasteiger charge is 2.28. The highest BCUT2D eigenvalue weighted by Crippen LogP contribution is 2.11. The fourth-order valence-electron chi connectivity index (χ4n) is 2.73. The van der Waals surface area contributed by atoms with E-state index in [1.165, 1.54) is 23.9 Å². The number of benzene rings is 1. The van der Waals surface area contributed by atoms with E-state index in [9.17, 15) is 24.6 Å². The van der Waals surface area contributed by atoms with Gasteiger partial charge >= 0.3 is 5.97 Å². The highest BCUT2D eigenvalue weighted by atomic mass is 32.2. The fourth-order valence-corrected chi connectivity index (χ4v) is 3.20. The third kappa shape index (κ3) is 9.19. The van der Waals surface area contributed by atoms with Gasteiger partial charge in [0.2, 0.25) is 11.8 Å². The van der Waals surface area contributed by atoms with Crippen LogP contribution >= 0.6 is 11.8 Å². The normalized spacial score (nSPS) is 14.1. The molecule has 9 heteroatoms. The summed E-state index contributed by atoms with van der Waals surface area (Å²) < 4.78 is 0. The van der Waals surface area contributed by atoms with Crippen LogP contribution in [-0.2, 0) is 20.8 Å². The number of thioether (sulfide) groups is 1. The third-order valence-corrected chi connectivity index (χ3v) is 4.94. The molecule has 0 aromatic heterocycles. The smallest absolute Gasteiger partial charge is 0.326 e. The van der Waals surface area contributed by atoms with Gasteiger partial charge in [0.15, 0.2) is 0 Å². The second-order valence-corrected chi connectivity index (χ2v) is 8.33. The summed E-state index contributed by atoms with van der Waals surface area (Å²) >= 11 is 1.52. The van der Waals surface area contributed by atoms with Crippen molar-refractivity contribution in [3.05, 3.63) is 29.8 Å². The van der Waals surface area contributed by atoms with Gasteiger partial charge in [0.1, 0.15) is 17.8 Å². The SMILES string of the molecule is CSCCC(NC(=O)C(N)Cc1ccc(O)cc1)C(=O)NC(CC(C)C)C(=O)O. The number of amides is 2. The zero-order valence-electron chi connectivity index (χ0n) is 17.1. The molecule has 0 fully saturated rings. The van der Waals surface area contributed by atoms with Gasteiger partial charge in [0.25, 0.3) is 0 Å². The van der Waals surface area contributed by atoms with Crippen molar-refractivity contribution in [2.75, 3.05) is 12.0 Å². The van der Waals surface area contributed by atoms with E-state index in [1.807, 2.05) is 20.1 Å². The molecule has 3 atom stereocenters. The lowest BCUT2D eigenvalue weighted by molar-refractivity contribution is -0.142. The number of phenols is 1. The Balaban J connectivity index is 2.76. The van der Waals surface area contributed by atoms with Gasteiger partial charge < -0.3 is 26.6 Å². The molecule has 8 nitrogen and oxygen atoms in total. The summed E-state index contributed by atoms with van der Waals surface area (Å²) in [6.07, 6.45) is 2.78. The molecule has 0 aliphatic rings. The first-order valence-corrected chi connectivity index (χ1v) is 10.9. The number of phenolic OH excluding ortho intramolecular Hbond substituents is 1. The van der Waals surface area contributed by atoms with Crippen molar-refractivity contribution in [3.8, 4) is 5.75 Å². The number of carboxylic acid groups (broad SMARTS) is 1. The average molecular weight is 426 g/mol. The minimum atomic E-state index is -1.11. The summed E-state index contributed by atoms with van der Waals surface area (Å²) in [5.41, 5.74) is 6.75. The van der Waals surface area contributed by atoms with Crippen molar-refractivity contribution < 1.29 is 24.6 Å². The zero-order valence-corrected chi connectivity index (χ0v) is 17.9. The summed E-state index contributed by atoms with van der Waals surface area (Å²) in [6, 6.07) is 3.60. The third-order valence-electron chi connectivity index (χ3n) is 4.29.